The van der Waals surface area contributed by atoms with Gasteiger partial charge in [-0.3, -0.25) is 0 Å². The third-order valence-corrected chi connectivity index (χ3v) is 5.28. The number of thiazole rings is 1. The van der Waals surface area contributed by atoms with Gasteiger partial charge in [-0.2, -0.15) is 0 Å². The second-order valence-corrected chi connectivity index (χ2v) is 6.48. The van der Waals surface area contributed by atoms with Gasteiger partial charge in [0.15, 0.2) is 0 Å². The Morgan fingerprint density at radius 3 is 2.94 bits per heavy atom. The number of thiophene rings is 1. The summed E-state index contributed by atoms with van der Waals surface area (Å²) in [5.41, 5.74) is 1.15. The average molecular weight is 293 g/mol. The molecule has 0 aliphatic heterocycles. The molecule has 0 spiro atoms. The van der Waals surface area contributed by atoms with Crippen LogP contribution in [0.2, 0.25) is 0 Å². The highest BCUT2D eigenvalue weighted by Crippen LogP contribution is 2.29. The molecule has 0 atom stereocenters. The van der Waals surface area contributed by atoms with Gasteiger partial charge in [0.2, 0.25) is 0 Å². The van der Waals surface area contributed by atoms with E-state index in [4.69, 9.17) is 4.42 Å². The van der Waals surface area contributed by atoms with Gasteiger partial charge >= 0.3 is 0 Å². The standard InChI is InChI=1S/C13H11NOS3/c1-3-11(15-5-1)9-16-7-10-8-18-13(14-10)12-4-2-6-17-12/h1-6,8H,7,9H2. The molecule has 92 valence electrons. The zero-order valence-corrected chi connectivity index (χ0v) is 12.0. The Morgan fingerprint density at radius 2 is 2.17 bits per heavy atom. The van der Waals surface area contributed by atoms with E-state index in [1.807, 2.05) is 23.9 Å². The number of thioether (sulfide) groups is 1. The Hall–Kier alpha value is -1.04. The maximum absolute atomic E-state index is 5.30. The molecule has 2 nitrogen and oxygen atoms in total. The number of nitrogens with zero attached hydrogens (tertiary/aromatic N) is 1. The number of furan rings is 1. The minimum atomic E-state index is 0.902. The average Bonchev–Trinajstić information content (AvgIpc) is 3.12. The summed E-state index contributed by atoms with van der Waals surface area (Å²) < 4.78 is 5.30. The number of hydrogen-bond donors (Lipinski definition) is 0. The van der Waals surface area contributed by atoms with Gasteiger partial charge in [0.1, 0.15) is 10.8 Å². The van der Waals surface area contributed by atoms with Crippen LogP contribution >= 0.6 is 34.4 Å². The highest BCUT2D eigenvalue weighted by atomic mass is 32.2. The minimum Gasteiger partial charge on any atom is -0.468 e. The molecule has 0 unspecified atom stereocenters. The van der Waals surface area contributed by atoms with E-state index in [0.29, 0.717) is 0 Å². The molecule has 5 heteroatoms. The quantitative estimate of drug-likeness (QED) is 0.669. The van der Waals surface area contributed by atoms with Gasteiger partial charge in [0.05, 0.1) is 22.6 Å². The maximum atomic E-state index is 5.30. The summed E-state index contributed by atoms with van der Waals surface area (Å²) in [6.07, 6.45) is 1.72. The fourth-order valence-corrected chi connectivity index (χ4v) is 4.10. The molecule has 0 bridgehead atoms. The highest BCUT2D eigenvalue weighted by molar-refractivity contribution is 7.97. The first kappa shape index (κ1) is 12.0. The predicted molar refractivity (Wildman–Crippen MR) is 79.1 cm³/mol. The van der Waals surface area contributed by atoms with Crippen molar-refractivity contribution in [3.63, 3.8) is 0 Å². The smallest absolute Gasteiger partial charge is 0.133 e. The van der Waals surface area contributed by atoms with Gasteiger partial charge in [0.25, 0.3) is 0 Å². The molecule has 0 saturated carbocycles. The van der Waals surface area contributed by atoms with Crippen LogP contribution in [-0.4, -0.2) is 4.98 Å². The van der Waals surface area contributed by atoms with Gasteiger partial charge < -0.3 is 4.42 Å². The van der Waals surface area contributed by atoms with E-state index in [9.17, 15) is 0 Å². The highest BCUT2D eigenvalue weighted by Gasteiger charge is 2.06. The Labute approximate surface area is 118 Å². The van der Waals surface area contributed by atoms with Crippen molar-refractivity contribution in [2.45, 2.75) is 11.5 Å². The molecule has 0 aromatic carbocycles. The number of aromatic nitrogens is 1. The first-order chi connectivity index (χ1) is 8.92. The van der Waals surface area contributed by atoms with E-state index >= 15 is 0 Å². The molecule has 0 aliphatic carbocycles. The van der Waals surface area contributed by atoms with Crippen LogP contribution in [-0.2, 0) is 11.5 Å². The van der Waals surface area contributed by atoms with E-state index in [1.54, 1.807) is 28.9 Å². The summed E-state index contributed by atoms with van der Waals surface area (Å²) in [6, 6.07) is 8.11. The predicted octanol–water partition coefficient (Wildman–Crippen LogP) is 4.90. The van der Waals surface area contributed by atoms with Gasteiger partial charge in [-0.25, -0.2) is 4.98 Å². The van der Waals surface area contributed by atoms with Crippen molar-refractivity contribution in [2.24, 2.45) is 0 Å². The molecule has 0 radical (unpaired) electrons. The van der Waals surface area contributed by atoms with Crippen LogP contribution in [0.1, 0.15) is 11.5 Å². The third kappa shape index (κ3) is 2.85. The van der Waals surface area contributed by atoms with Crippen LogP contribution in [0, 0.1) is 0 Å². The topological polar surface area (TPSA) is 26.0 Å². The Bertz CT molecular complexity index is 584. The van der Waals surface area contributed by atoms with E-state index in [-0.39, 0.29) is 0 Å². The fraction of sp³-hybridized carbons (Fsp3) is 0.154. The Kier molecular flexibility index (Phi) is 3.83. The molecular weight excluding hydrogens is 282 g/mol. The zero-order valence-electron chi connectivity index (χ0n) is 9.54. The van der Waals surface area contributed by atoms with Crippen molar-refractivity contribution in [3.8, 4) is 9.88 Å². The molecule has 0 saturated heterocycles. The van der Waals surface area contributed by atoms with Crippen LogP contribution in [0.25, 0.3) is 9.88 Å². The SMILES string of the molecule is c1coc(CSCc2csc(-c3cccs3)n2)c1. The van der Waals surface area contributed by atoms with Crippen LogP contribution in [0.5, 0.6) is 0 Å². The minimum absolute atomic E-state index is 0.902. The normalized spacial score (nSPS) is 10.9. The van der Waals surface area contributed by atoms with E-state index in [2.05, 4.69) is 27.9 Å². The van der Waals surface area contributed by atoms with Crippen molar-refractivity contribution < 1.29 is 4.42 Å². The molecule has 3 aromatic heterocycles. The second kappa shape index (κ2) is 5.73. The summed E-state index contributed by atoms with van der Waals surface area (Å²) in [6.45, 7) is 0. The number of hydrogen-bond acceptors (Lipinski definition) is 5. The lowest BCUT2D eigenvalue weighted by molar-refractivity contribution is 0.530. The molecule has 18 heavy (non-hydrogen) atoms. The molecule has 3 rings (SSSR count). The van der Waals surface area contributed by atoms with Crippen molar-refractivity contribution in [2.75, 3.05) is 0 Å². The zero-order chi connectivity index (χ0) is 12.2. The summed E-state index contributed by atoms with van der Waals surface area (Å²) in [7, 11) is 0. The van der Waals surface area contributed by atoms with Crippen molar-refractivity contribution in [1.82, 2.24) is 4.98 Å². The largest absolute Gasteiger partial charge is 0.468 e. The summed E-state index contributed by atoms with van der Waals surface area (Å²) in [5.74, 6) is 2.86. The van der Waals surface area contributed by atoms with E-state index < -0.39 is 0 Å². The van der Waals surface area contributed by atoms with Gasteiger partial charge in [-0.15, -0.1) is 34.4 Å². The summed E-state index contributed by atoms with van der Waals surface area (Å²) in [4.78, 5) is 5.90. The maximum Gasteiger partial charge on any atom is 0.133 e. The molecule has 0 aliphatic rings. The Morgan fingerprint density at radius 1 is 1.17 bits per heavy atom. The summed E-state index contributed by atoms with van der Waals surface area (Å²) in [5, 5.41) is 5.35. The van der Waals surface area contributed by atoms with Crippen LogP contribution < -0.4 is 0 Å². The number of rotatable bonds is 5. The van der Waals surface area contributed by atoms with Gasteiger partial charge in [0, 0.05) is 11.1 Å². The van der Waals surface area contributed by atoms with Crippen molar-refractivity contribution in [1.29, 1.82) is 0 Å². The summed E-state index contributed by atoms with van der Waals surface area (Å²) >= 11 is 5.28. The first-order valence-corrected chi connectivity index (χ1v) is 8.41. The van der Waals surface area contributed by atoms with Crippen LogP contribution in [0.4, 0.5) is 0 Å². The Balaban J connectivity index is 1.57. The van der Waals surface area contributed by atoms with Gasteiger partial charge in [-0.1, -0.05) is 6.07 Å². The van der Waals surface area contributed by atoms with Crippen LogP contribution in [0.3, 0.4) is 0 Å². The lowest BCUT2D eigenvalue weighted by Crippen LogP contribution is -1.82. The molecular formula is C13H11NOS3. The fourth-order valence-electron chi connectivity index (χ4n) is 1.54. The first-order valence-electron chi connectivity index (χ1n) is 5.50. The third-order valence-electron chi connectivity index (χ3n) is 2.36. The van der Waals surface area contributed by atoms with E-state index in [1.165, 1.54) is 4.88 Å². The van der Waals surface area contributed by atoms with E-state index in [0.717, 1.165) is 28.0 Å². The lowest BCUT2D eigenvalue weighted by Gasteiger charge is -1.95. The molecule has 0 N–H and O–H groups in total. The van der Waals surface area contributed by atoms with Crippen LogP contribution in [0.15, 0.2) is 45.7 Å². The van der Waals surface area contributed by atoms with Gasteiger partial charge in [-0.05, 0) is 23.6 Å². The van der Waals surface area contributed by atoms with Crippen molar-refractivity contribution in [3.05, 3.63) is 52.7 Å². The molecule has 3 aromatic rings. The second-order valence-electron chi connectivity index (χ2n) is 3.69. The monoisotopic (exact) mass is 293 g/mol. The molecule has 0 amide bonds. The molecule has 0 fully saturated rings. The lowest BCUT2D eigenvalue weighted by atomic mass is 10.5. The molecule has 3 heterocycles. The van der Waals surface area contributed by atoms with Crippen molar-refractivity contribution >= 4 is 34.4 Å².